The highest BCUT2D eigenvalue weighted by Crippen LogP contribution is 2.25. The molecular formula is C16H17BrO. The molecule has 0 spiro atoms. The molecule has 2 heteroatoms. The minimum absolute atomic E-state index is 0.517. The smallest absolute Gasteiger partial charge is 0.104 e. The normalized spacial score (nSPS) is 12.7. The molecule has 94 valence electrons. The highest BCUT2D eigenvalue weighted by atomic mass is 79.9. The molecule has 2 aromatic carbocycles. The summed E-state index contributed by atoms with van der Waals surface area (Å²) in [6.45, 7) is 4.33. The molecule has 0 unspecified atom stereocenters. The summed E-state index contributed by atoms with van der Waals surface area (Å²) in [6, 6.07) is 15.9. The van der Waals surface area contributed by atoms with E-state index in [2.05, 4.69) is 41.9 Å². The van der Waals surface area contributed by atoms with Gasteiger partial charge in [0.15, 0.2) is 0 Å². The zero-order valence-electron chi connectivity index (χ0n) is 10.6. The molecule has 0 aliphatic heterocycles. The first-order valence-corrected chi connectivity index (χ1v) is 6.90. The molecule has 0 radical (unpaired) electrons. The summed E-state index contributed by atoms with van der Waals surface area (Å²) < 4.78 is 1.02. The monoisotopic (exact) mass is 304 g/mol. The summed E-state index contributed by atoms with van der Waals surface area (Å²) >= 11 is 3.39. The molecule has 0 aromatic heterocycles. The Balaban J connectivity index is 2.23. The van der Waals surface area contributed by atoms with Gasteiger partial charge in [-0.3, -0.25) is 0 Å². The Morgan fingerprint density at radius 2 is 1.17 bits per heavy atom. The molecule has 0 aliphatic carbocycles. The molecule has 1 atom stereocenters. The van der Waals surface area contributed by atoms with Gasteiger partial charge in [-0.15, -0.1) is 0 Å². The molecule has 18 heavy (non-hydrogen) atoms. The van der Waals surface area contributed by atoms with Gasteiger partial charge in [0.25, 0.3) is 0 Å². The Morgan fingerprint density at radius 3 is 1.61 bits per heavy atom. The van der Waals surface area contributed by atoms with Crippen LogP contribution in [0, 0.1) is 0 Å². The number of hydrogen-bond acceptors (Lipinski definition) is 1. The predicted molar refractivity (Wildman–Crippen MR) is 78.7 cm³/mol. The highest BCUT2D eigenvalue weighted by Gasteiger charge is 2.10. The van der Waals surface area contributed by atoms with Crippen LogP contribution < -0.4 is 0 Å². The average molecular weight is 305 g/mol. The van der Waals surface area contributed by atoms with Crippen LogP contribution in [0.2, 0.25) is 0 Å². The van der Waals surface area contributed by atoms with Crippen LogP contribution in [0.1, 0.15) is 42.6 Å². The van der Waals surface area contributed by atoms with Crippen LogP contribution in [0.25, 0.3) is 0 Å². The first-order chi connectivity index (χ1) is 8.58. The maximum absolute atomic E-state index is 10.3. The molecular weight excluding hydrogens is 288 g/mol. The van der Waals surface area contributed by atoms with Gasteiger partial charge in [0, 0.05) is 4.47 Å². The summed E-state index contributed by atoms with van der Waals surface area (Å²) in [7, 11) is 0. The zero-order chi connectivity index (χ0) is 13.1. The van der Waals surface area contributed by atoms with Crippen molar-refractivity contribution < 1.29 is 5.11 Å². The van der Waals surface area contributed by atoms with E-state index in [0.29, 0.717) is 5.92 Å². The van der Waals surface area contributed by atoms with Crippen LogP contribution in [-0.2, 0) is 0 Å². The number of aliphatic hydroxyl groups is 1. The van der Waals surface area contributed by atoms with E-state index in [4.69, 9.17) is 0 Å². The topological polar surface area (TPSA) is 20.2 Å². The Kier molecular flexibility index (Phi) is 4.20. The first-order valence-electron chi connectivity index (χ1n) is 6.11. The van der Waals surface area contributed by atoms with E-state index in [1.807, 2.05) is 36.4 Å². The summed E-state index contributed by atoms with van der Waals surface area (Å²) in [4.78, 5) is 0. The van der Waals surface area contributed by atoms with E-state index in [9.17, 15) is 5.11 Å². The van der Waals surface area contributed by atoms with Crippen LogP contribution in [0.4, 0.5) is 0 Å². The SMILES string of the molecule is CC(C)c1ccc([C@H](O)c2ccc(Br)cc2)cc1. The third kappa shape index (κ3) is 3.01. The van der Waals surface area contributed by atoms with Crippen LogP contribution in [0.3, 0.4) is 0 Å². The van der Waals surface area contributed by atoms with Crippen molar-refractivity contribution in [2.24, 2.45) is 0 Å². The second-order valence-electron chi connectivity index (χ2n) is 4.78. The summed E-state index contributed by atoms with van der Waals surface area (Å²) in [5.41, 5.74) is 3.14. The third-order valence-electron chi connectivity index (χ3n) is 3.10. The van der Waals surface area contributed by atoms with Crippen molar-refractivity contribution in [1.82, 2.24) is 0 Å². The van der Waals surface area contributed by atoms with Gasteiger partial charge < -0.3 is 5.11 Å². The average Bonchev–Trinajstić information content (AvgIpc) is 2.39. The molecule has 0 saturated carbocycles. The molecule has 0 aliphatic rings. The summed E-state index contributed by atoms with van der Waals surface area (Å²) in [6.07, 6.45) is -0.556. The lowest BCUT2D eigenvalue weighted by molar-refractivity contribution is 0.220. The molecule has 0 fully saturated rings. The van der Waals surface area contributed by atoms with Crippen molar-refractivity contribution in [1.29, 1.82) is 0 Å². The Labute approximate surface area is 117 Å². The quantitative estimate of drug-likeness (QED) is 0.875. The third-order valence-corrected chi connectivity index (χ3v) is 3.63. The largest absolute Gasteiger partial charge is 0.384 e. The second kappa shape index (κ2) is 5.68. The Hall–Kier alpha value is -1.12. The number of halogens is 1. The lowest BCUT2D eigenvalue weighted by Gasteiger charge is -2.13. The fourth-order valence-electron chi connectivity index (χ4n) is 1.90. The van der Waals surface area contributed by atoms with Crippen LogP contribution in [-0.4, -0.2) is 5.11 Å². The van der Waals surface area contributed by atoms with E-state index in [1.165, 1.54) is 5.56 Å². The molecule has 2 rings (SSSR count). The van der Waals surface area contributed by atoms with Crippen molar-refractivity contribution in [3.05, 3.63) is 69.7 Å². The van der Waals surface area contributed by atoms with Crippen molar-refractivity contribution in [2.75, 3.05) is 0 Å². The predicted octanol–water partition coefficient (Wildman–Crippen LogP) is 4.65. The van der Waals surface area contributed by atoms with Gasteiger partial charge in [0.2, 0.25) is 0 Å². The standard InChI is InChI=1S/C16H17BrO/c1-11(2)12-3-5-13(6-4-12)16(18)14-7-9-15(17)10-8-14/h3-11,16,18H,1-2H3/t16-/m0/s1. The van der Waals surface area contributed by atoms with E-state index in [1.54, 1.807) is 0 Å². The van der Waals surface area contributed by atoms with Gasteiger partial charge in [-0.2, -0.15) is 0 Å². The fourth-order valence-corrected chi connectivity index (χ4v) is 2.17. The maximum Gasteiger partial charge on any atom is 0.104 e. The number of rotatable bonds is 3. The van der Waals surface area contributed by atoms with Crippen LogP contribution in [0.15, 0.2) is 53.0 Å². The van der Waals surface area contributed by atoms with Gasteiger partial charge in [-0.1, -0.05) is 66.2 Å². The van der Waals surface area contributed by atoms with Crippen LogP contribution >= 0.6 is 15.9 Å². The van der Waals surface area contributed by atoms with Gasteiger partial charge >= 0.3 is 0 Å². The van der Waals surface area contributed by atoms with Crippen molar-refractivity contribution in [2.45, 2.75) is 25.9 Å². The second-order valence-corrected chi connectivity index (χ2v) is 5.69. The zero-order valence-corrected chi connectivity index (χ0v) is 12.2. The molecule has 0 saturated heterocycles. The number of hydrogen-bond donors (Lipinski definition) is 1. The van der Waals surface area contributed by atoms with Crippen molar-refractivity contribution in [3.8, 4) is 0 Å². The molecule has 0 heterocycles. The molecule has 0 bridgehead atoms. The number of aliphatic hydroxyl groups excluding tert-OH is 1. The van der Waals surface area contributed by atoms with E-state index in [0.717, 1.165) is 15.6 Å². The Morgan fingerprint density at radius 1 is 0.778 bits per heavy atom. The molecule has 1 nitrogen and oxygen atoms in total. The first kappa shape index (κ1) is 13.3. The molecule has 1 N–H and O–H groups in total. The number of benzene rings is 2. The highest BCUT2D eigenvalue weighted by molar-refractivity contribution is 9.10. The van der Waals surface area contributed by atoms with Gasteiger partial charge in [-0.05, 0) is 34.7 Å². The minimum atomic E-state index is -0.556. The van der Waals surface area contributed by atoms with Crippen molar-refractivity contribution >= 4 is 15.9 Å². The lowest BCUT2D eigenvalue weighted by atomic mass is 9.97. The Bertz CT molecular complexity index is 500. The lowest BCUT2D eigenvalue weighted by Crippen LogP contribution is -1.99. The van der Waals surface area contributed by atoms with E-state index < -0.39 is 6.10 Å². The molecule has 2 aromatic rings. The van der Waals surface area contributed by atoms with Gasteiger partial charge in [0.05, 0.1) is 0 Å². The van der Waals surface area contributed by atoms with E-state index in [-0.39, 0.29) is 0 Å². The fraction of sp³-hybridized carbons (Fsp3) is 0.250. The van der Waals surface area contributed by atoms with Crippen molar-refractivity contribution in [3.63, 3.8) is 0 Å². The van der Waals surface area contributed by atoms with E-state index >= 15 is 0 Å². The minimum Gasteiger partial charge on any atom is -0.384 e. The molecule has 0 amide bonds. The van der Waals surface area contributed by atoms with Gasteiger partial charge in [-0.25, -0.2) is 0 Å². The maximum atomic E-state index is 10.3. The van der Waals surface area contributed by atoms with Gasteiger partial charge in [0.1, 0.15) is 6.10 Å². The summed E-state index contributed by atoms with van der Waals surface area (Å²) in [5.74, 6) is 0.517. The van der Waals surface area contributed by atoms with Crippen LogP contribution in [0.5, 0.6) is 0 Å². The summed E-state index contributed by atoms with van der Waals surface area (Å²) in [5, 5.41) is 10.3.